The lowest BCUT2D eigenvalue weighted by Gasteiger charge is -2.29. The zero-order valence-corrected chi connectivity index (χ0v) is 19.4. The summed E-state index contributed by atoms with van der Waals surface area (Å²) in [6, 6.07) is 12.3. The topological polar surface area (TPSA) is 58.6 Å². The summed E-state index contributed by atoms with van der Waals surface area (Å²) in [6.45, 7) is 7.62. The van der Waals surface area contributed by atoms with Crippen LogP contribution in [-0.2, 0) is 16.1 Å². The molecule has 7 heteroatoms. The summed E-state index contributed by atoms with van der Waals surface area (Å²) < 4.78 is 6.34. The van der Waals surface area contributed by atoms with Gasteiger partial charge in [-0.3, -0.25) is 9.59 Å². The van der Waals surface area contributed by atoms with Gasteiger partial charge in [0.25, 0.3) is 5.91 Å². The van der Waals surface area contributed by atoms with Crippen molar-refractivity contribution in [2.45, 2.75) is 46.3 Å². The van der Waals surface area contributed by atoms with E-state index in [-0.39, 0.29) is 24.5 Å². The van der Waals surface area contributed by atoms with Crippen LogP contribution in [0.25, 0.3) is 0 Å². The van der Waals surface area contributed by atoms with Crippen molar-refractivity contribution in [3.8, 4) is 5.75 Å². The predicted octanol–water partition coefficient (Wildman–Crippen LogP) is 4.73. The summed E-state index contributed by atoms with van der Waals surface area (Å²) in [5.74, 6) is 0.0333. The van der Waals surface area contributed by atoms with E-state index in [0.29, 0.717) is 21.8 Å². The second-order valence-corrected chi connectivity index (χ2v) is 8.50. The minimum Gasteiger partial charge on any atom is -0.483 e. The molecule has 2 amide bonds. The number of amides is 2. The van der Waals surface area contributed by atoms with Crippen molar-refractivity contribution < 1.29 is 14.3 Å². The largest absolute Gasteiger partial charge is 0.483 e. The summed E-state index contributed by atoms with van der Waals surface area (Å²) in [4.78, 5) is 27.1. The molecule has 0 radical (unpaired) electrons. The fourth-order valence-corrected chi connectivity index (χ4v) is 3.61. The molecule has 0 aliphatic carbocycles. The lowest BCUT2D eigenvalue weighted by Crippen LogP contribution is -2.50. The van der Waals surface area contributed by atoms with E-state index in [9.17, 15) is 9.59 Å². The Hall–Kier alpha value is -2.05. The van der Waals surface area contributed by atoms with Crippen LogP contribution >= 0.6 is 27.5 Å². The summed E-state index contributed by atoms with van der Waals surface area (Å²) in [7, 11) is 0. The minimum atomic E-state index is -0.636. The van der Waals surface area contributed by atoms with Gasteiger partial charge in [-0.25, -0.2) is 0 Å². The molecular formula is C22H26BrClN2O3. The molecule has 0 saturated heterocycles. The SMILES string of the molecule is Cc1cccc(CN(C(=O)COc2ccc(Cl)cc2Br)C(C)C(=O)NC(C)C)c1. The summed E-state index contributed by atoms with van der Waals surface area (Å²) in [5.41, 5.74) is 2.05. The Morgan fingerprint density at radius 2 is 1.90 bits per heavy atom. The van der Waals surface area contributed by atoms with E-state index < -0.39 is 6.04 Å². The van der Waals surface area contributed by atoms with Crippen LogP contribution in [0.15, 0.2) is 46.9 Å². The summed E-state index contributed by atoms with van der Waals surface area (Å²) in [5, 5.41) is 3.43. The average molecular weight is 482 g/mol. The molecule has 156 valence electrons. The standard InChI is InChI=1S/C22H26BrClN2O3/c1-14(2)25-22(28)16(4)26(12-17-7-5-6-15(3)10-17)21(27)13-29-20-9-8-18(24)11-19(20)23/h5-11,14,16H,12-13H2,1-4H3,(H,25,28). The van der Waals surface area contributed by atoms with Crippen LogP contribution in [0.3, 0.4) is 0 Å². The van der Waals surface area contributed by atoms with Gasteiger partial charge in [0.2, 0.25) is 5.91 Å². The van der Waals surface area contributed by atoms with Crippen molar-refractivity contribution in [1.29, 1.82) is 0 Å². The smallest absolute Gasteiger partial charge is 0.261 e. The Balaban J connectivity index is 2.17. The Bertz CT molecular complexity index is 873. The zero-order chi connectivity index (χ0) is 21.6. The fraction of sp³-hybridized carbons (Fsp3) is 0.364. The molecule has 1 N–H and O–H groups in total. The Kier molecular flexibility index (Phi) is 8.53. The molecule has 0 aromatic heterocycles. The van der Waals surface area contributed by atoms with Crippen molar-refractivity contribution in [1.82, 2.24) is 10.2 Å². The highest BCUT2D eigenvalue weighted by molar-refractivity contribution is 9.10. The third-order valence-corrected chi connectivity index (χ3v) is 5.13. The van der Waals surface area contributed by atoms with Crippen LogP contribution in [0, 0.1) is 6.92 Å². The highest BCUT2D eigenvalue weighted by atomic mass is 79.9. The molecule has 1 unspecified atom stereocenters. The van der Waals surface area contributed by atoms with Crippen molar-refractivity contribution in [2.24, 2.45) is 0 Å². The number of hydrogen-bond donors (Lipinski definition) is 1. The molecule has 0 fully saturated rings. The highest BCUT2D eigenvalue weighted by Crippen LogP contribution is 2.28. The molecule has 1 atom stereocenters. The van der Waals surface area contributed by atoms with Gasteiger partial charge in [0.15, 0.2) is 6.61 Å². The van der Waals surface area contributed by atoms with Gasteiger partial charge in [-0.05, 0) is 67.4 Å². The second-order valence-electron chi connectivity index (χ2n) is 7.21. The van der Waals surface area contributed by atoms with Crippen LogP contribution in [0.5, 0.6) is 5.75 Å². The molecule has 2 aromatic carbocycles. The van der Waals surface area contributed by atoms with E-state index in [1.807, 2.05) is 45.0 Å². The number of nitrogens with one attached hydrogen (secondary N) is 1. The fourth-order valence-electron chi connectivity index (χ4n) is 2.81. The van der Waals surface area contributed by atoms with E-state index in [1.165, 1.54) is 4.90 Å². The average Bonchev–Trinajstić information content (AvgIpc) is 2.64. The lowest BCUT2D eigenvalue weighted by molar-refractivity contribution is -0.142. The lowest BCUT2D eigenvalue weighted by atomic mass is 10.1. The number of rotatable bonds is 8. The molecule has 0 aliphatic heterocycles. The number of benzene rings is 2. The first-order valence-electron chi connectivity index (χ1n) is 9.40. The third kappa shape index (κ3) is 7.05. The molecular weight excluding hydrogens is 456 g/mol. The second kappa shape index (κ2) is 10.6. The van der Waals surface area contributed by atoms with Crippen molar-refractivity contribution in [3.63, 3.8) is 0 Å². The van der Waals surface area contributed by atoms with E-state index >= 15 is 0 Å². The van der Waals surface area contributed by atoms with Crippen LogP contribution < -0.4 is 10.1 Å². The number of carbonyl (C=O) groups excluding carboxylic acids is 2. The highest BCUT2D eigenvalue weighted by Gasteiger charge is 2.27. The van der Waals surface area contributed by atoms with Crippen molar-refractivity contribution >= 4 is 39.3 Å². The quantitative estimate of drug-likeness (QED) is 0.593. The third-order valence-electron chi connectivity index (χ3n) is 4.28. The monoisotopic (exact) mass is 480 g/mol. The van der Waals surface area contributed by atoms with E-state index in [1.54, 1.807) is 25.1 Å². The first-order chi connectivity index (χ1) is 13.7. The Morgan fingerprint density at radius 1 is 1.17 bits per heavy atom. The van der Waals surface area contributed by atoms with Gasteiger partial charge >= 0.3 is 0 Å². The van der Waals surface area contributed by atoms with Gasteiger partial charge < -0.3 is 15.0 Å². The van der Waals surface area contributed by atoms with Gasteiger partial charge in [0, 0.05) is 17.6 Å². The first-order valence-corrected chi connectivity index (χ1v) is 10.6. The van der Waals surface area contributed by atoms with Gasteiger partial charge in [0.05, 0.1) is 4.47 Å². The Labute approximate surface area is 185 Å². The first kappa shape index (κ1) is 23.2. The van der Waals surface area contributed by atoms with Crippen LogP contribution in [0.4, 0.5) is 0 Å². The maximum Gasteiger partial charge on any atom is 0.261 e. The molecule has 29 heavy (non-hydrogen) atoms. The van der Waals surface area contributed by atoms with E-state index in [0.717, 1.165) is 11.1 Å². The molecule has 2 rings (SSSR count). The number of hydrogen-bond acceptors (Lipinski definition) is 3. The van der Waals surface area contributed by atoms with Crippen LogP contribution in [0.2, 0.25) is 5.02 Å². The zero-order valence-electron chi connectivity index (χ0n) is 17.0. The predicted molar refractivity (Wildman–Crippen MR) is 119 cm³/mol. The number of halogens is 2. The Morgan fingerprint density at radius 3 is 2.52 bits per heavy atom. The van der Waals surface area contributed by atoms with Gasteiger partial charge in [-0.1, -0.05) is 41.4 Å². The van der Waals surface area contributed by atoms with Crippen molar-refractivity contribution in [3.05, 3.63) is 63.1 Å². The van der Waals surface area contributed by atoms with Gasteiger partial charge in [-0.15, -0.1) is 0 Å². The van der Waals surface area contributed by atoms with Gasteiger partial charge in [0.1, 0.15) is 11.8 Å². The molecule has 0 spiro atoms. The molecule has 0 aliphatic rings. The maximum absolute atomic E-state index is 13.0. The molecule has 2 aromatic rings. The van der Waals surface area contributed by atoms with Crippen LogP contribution in [0.1, 0.15) is 31.9 Å². The maximum atomic E-state index is 13.0. The normalized spacial score (nSPS) is 11.8. The minimum absolute atomic E-state index is 0.0119. The molecule has 5 nitrogen and oxygen atoms in total. The van der Waals surface area contributed by atoms with Crippen LogP contribution in [-0.4, -0.2) is 35.4 Å². The number of carbonyl (C=O) groups is 2. The molecule has 0 heterocycles. The van der Waals surface area contributed by atoms with E-state index in [2.05, 4.69) is 21.2 Å². The van der Waals surface area contributed by atoms with Gasteiger partial charge in [-0.2, -0.15) is 0 Å². The van der Waals surface area contributed by atoms with E-state index in [4.69, 9.17) is 16.3 Å². The molecule has 0 saturated carbocycles. The van der Waals surface area contributed by atoms with Crippen molar-refractivity contribution in [2.75, 3.05) is 6.61 Å². The number of nitrogens with zero attached hydrogens (tertiary/aromatic N) is 1. The number of aryl methyl sites for hydroxylation is 1. The molecule has 0 bridgehead atoms. The summed E-state index contributed by atoms with van der Waals surface area (Å²) in [6.07, 6.45) is 0. The number of ether oxygens (including phenoxy) is 1. The summed E-state index contributed by atoms with van der Waals surface area (Å²) >= 11 is 9.32.